The standard InChI is InChI=1S/C10H13N3O3/c1-16-8-4-2-7(3-5-8)9(6-14)12-13-10(11)15/h2-6,9,12H,1H3,(H3,11,13,15). The largest absolute Gasteiger partial charge is 0.497 e. The highest BCUT2D eigenvalue weighted by Crippen LogP contribution is 2.15. The number of hydrogen-bond acceptors (Lipinski definition) is 4. The van der Waals surface area contributed by atoms with Crippen LogP contribution in [0, 0.1) is 0 Å². The first kappa shape index (κ1) is 12.0. The highest BCUT2D eigenvalue weighted by atomic mass is 16.5. The molecule has 0 radical (unpaired) electrons. The number of benzene rings is 1. The molecule has 0 saturated heterocycles. The van der Waals surface area contributed by atoms with Crippen molar-refractivity contribution in [2.75, 3.05) is 7.11 Å². The molecule has 0 spiro atoms. The van der Waals surface area contributed by atoms with Gasteiger partial charge in [-0.25, -0.2) is 10.2 Å². The van der Waals surface area contributed by atoms with Crippen molar-refractivity contribution in [2.24, 2.45) is 5.73 Å². The Morgan fingerprint density at radius 1 is 1.44 bits per heavy atom. The number of carbonyl (C=O) groups is 2. The van der Waals surface area contributed by atoms with Gasteiger partial charge in [-0.3, -0.25) is 5.43 Å². The summed E-state index contributed by atoms with van der Waals surface area (Å²) in [6.07, 6.45) is 0.664. The molecule has 0 heterocycles. The van der Waals surface area contributed by atoms with E-state index in [1.807, 2.05) is 0 Å². The second-order valence-corrected chi connectivity index (χ2v) is 3.02. The van der Waals surface area contributed by atoms with E-state index >= 15 is 0 Å². The Morgan fingerprint density at radius 2 is 2.06 bits per heavy atom. The number of hydrazine groups is 1. The van der Waals surface area contributed by atoms with Crippen molar-refractivity contribution in [2.45, 2.75) is 6.04 Å². The number of nitrogens with one attached hydrogen (secondary N) is 2. The molecule has 0 aliphatic heterocycles. The second-order valence-electron chi connectivity index (χ2n) is 3.02. The van der Waals surface area contributed by atoms with Gasteiger partial charge in [-0.1, -0.05) is 12.1 Å². The summed E-state index contributed by atoms with van der Waals surface area (Å²) < 4.78 is 4.98. The number of nitrogens with two attached hydrogens (primary N) is 1. The monoisotopic (exact) mass is 223 g/mol. The molecule has 0 bridgehead atoms. The van der Waals surface area contributed by atoms with Gasteiger partial charge in [0.05, 0.1) is 7.11 Å². The van der Waals surface area contributed by atoms with Crippen LogP contribution in [0.3, 0.4) is 0 Å². The molecule has 1 aromatic rings. The van der Waals surface area contributed by atoms with Crippen LogP contribution in [0.1, 0.15) is 11.6 Å². The topological polar surface area (TPSA) is 93.4 Å². The molecule has 86 valence electrons. The summed E-state index contributed by atoms with van der Waals surface area (Å²) in [5.74, 6) is 0.691. The lowest BCUT2D eigenvalue weighted by atomic mass is 10.1. The summed E-state index contributed by atoms with van der Waals surface area (Å²) >= 11 is 0. The Kier molecular flexibility index (Phi) is 4.28. The van der Waals surface area contributed by atoms with E-state index in [1.165, 1.54) is 0 Å². The van der Waals surface area contributed by atoms with E-state index in [0.29, 0.717) is 17.6 Å². The summed E-state index contributed by atoms with van der Waals surface area (Å²) in [5, 5.41) is 0. The number of carbonyl (C=O) groups excluding carboxylic acids is 2. The van der Waals surface area contributed by atoms with Gasteiger partial charge < -0.3 is 15.3 Å². The average Bonchev–Trinajstić information content (AvgIpc) is 2.30. The van der Waals surface area contributed by atoms with Gasteiger partial charge in [0.1, 0.15) is 18.1 Å². The van der Waals surface area contributed by atoms with Gasteiger partial charge in [0.15, 0.2) is 0 Å². The third-order valence-electron chi connectivity index (χ3n) is 1.96. The molecule has 2 amide bonds. The summed E-state index contributed by atoms with van der Waals surface area (Å²) in [6.45, 7) is 0. The summed E-state index contributed by atoms with van der Waals surface area (Å²) in [5.41, 5.74) is 10.2. The maximum Gasteiger partial charge on any atom is 0.326 e. The van der Waals surface area contributed by atoms with Crippen molar-refractivity contribution >= 4 is 12.3 Å². The molecule has 1 rings (SSSR count). The van der Waals surface area contributed by atoms with Gasteiger partial charge in [0.2, 0.25) is 0 Å². The number of ether oxygens (including phenoxy) is 1. The average molecular weight is 223 g/mol. The molecular weight excluding hydrogens is 210 g/mol. The molecule has 0 saturated carbocycles. The minimum absolute atomic E-state index is 0.640. The van der Waals surface area contributed by atoms with Crippen LogP contribution in [0.25, 0.3) is 0 Å². The summed E-state index contributed by atoms with van der Waals surface area (Å²) in [6, 6.07) is 5.48. The first-order valence-corrected chi connectivity index (χ1v) is 4.57. The van der Waals surface area contributed by atoms with Crippen molar-refractivity contribution in [3.63, 3.8) is 0 Å². The Hall–Kier alpha value is -2.08. The number of methoxy groups -OCH3 is 1. The number of aldehydes is 1. The lowest BCUT2D eigenvalue weighted by molar-refractivity contribution is -0.109. The minimum atomic E-state index is -0.750. The van der Waals surface area contributed by atoms with E-state index in [4.69, 9.17) is 10.5 Å². The number of amides is 2. The molecule has 4 N–H and O–H groups in total. The first-order valence-electron chi connectivity index (χ1n) is 4.57. The zero-order chi connectivity index (χ0) is 12.0. The Balaban J connectivity index is 2.70. The Labute approximate surface area is 92.7 Å². The van der Waals surface area contributed by atoms with E-state index in [-0.39, 0.29) is 0 Å². The van der Waals surface area contributed by atoms with Crippen LogP contribution in [0.2, 0.25) is 0 Å². The molecule has 16 heavy (non-hydrogen) atoms. The molecule has 0 aromatic heterocycles. The number of urea groups is 1. The molecule has 0 aliphatic rings. The van der Waals surface area contributed by atoms with Crippen LogP contribution in [-0.4, -0.2) is 19.4 Å². The molecule has 0 fully saturated rings. The molecular formula is C10H13N3O3. The normalized spacial score (nSPS) is 11.6. The molecule has 0 aliphatic carbocycles. The smallest absolute Gasteiger partial charge is 0.326 e. The fourth-order valence-corrected chi connectivity index (χ4v) is 1.16. The number of primary amides is 1. The quantitative estimate of drug-likeness (QED) is 0.487. The third kappa shape index (κ3) is 3.25. The van der Waals surface area contributed by atoms with Crippen LogP contribution in [0.5, 0.6) is 5.75 Å². The van der Waals surface area contributed by atoms with Crippen LogP contribution in [0.4, 0.5) is 4.79 Å². The van der Waals surface area contributed by atoms with Gasteiger partial charge in [-0.15, -0.1) is 0 Å². The van der Waals surface area contributed by atoms with Crippen molar-refractivity contribution in [1.82, 2.24) is 10.9 Å². The summed E-state index contributed by atoms with van der Waals surface area (Å²) in [7, 11) is 1.55. The fraction of sp³-hybridized carbons (Fsp3) is 0.200. The minimum Gasteiger partial charge on any atom is -0.497 e. The Bertz CT molecular complexity index is 364. The second kappa shape index (κ2) is 5.72. The maximum atomic E-state index is 10.8. The fourth-order valence-electron chi connectivity index (χ4n) is 1.16. The lowest BCUT2D eigenvalue weighted by Gasteiger charge is -2.13. The van der Waals surface area contributed by atoms with Crippen molar-refractivity contribution < 1.29 is 14.3 Å². The Morgan fingerprint density at radius 3 is 2.50 bits per heavy atom. The number of rotatable bonds is 5. The van der Waals surface area contributed by atoms with Gasteiger partial charge >= 0.3 is 6.03 Å². The van der Waals surface area contributed by atoms with E-state index in [9.17, 15) is 9.59 Å². The predicted octanol–water partition coefficient (Wildman–Crippen LogP) is 0.108. The number of hydrogen-bond donors (Lipinski definition) is 3. The highest BCUT2D eigenvalue weighted by molar-refractivity contribution is 5.71. The van der Waals surface area contributed by atoms with Gasteiger partial charge in [0, 0.05) is 0 Å². The van der Waals surface area contributed by atoms with Crippen LogP contribution in [0.15, 0.2) is 24.3 Å². The van der Waals surface area contributed by atoms with Crippen LogP contribution in [-0.2, 0) is 4.79 Å². The van der Waals surface area contributed by atoms with Gasteiger partial charge in [0.25, 0.3) is 0 Å². The predicted molar refractivity (Wildman–Crippen MR) is 57.7 cm³/mol. The zero-order valence-electron chi connectivity index (χ0n) is 8.77. The van der Waals surface area contributed by atoms with Crippen molar-refractivity contribution in [3.05, 3.63) is 29.8 Å². The van der Waals surface area contributed by atoms with Gasteiger partial charge in [-0.2, -0.15) is 0 Å². The molecule has 1 atom stereocenters. The first-order chi connectivity index (χ1) is 7.67. The van der Waals surface area contributed by atoms with Crippen molar-refractivity contribution in [1.29, 1.82) is 0 Å². The lowest BCUT2D eigenvalue weighted by Crippen LogP contribution is -2.43. The molecule has 1 aromatic carbocycles. The highest BCUT2D eigenvalue weighted by Gasteiger charge is 2.09. The molecule has 6 heteroatoms. The van der Waals surface area contributed by atoms with E-state index in [2.05, 4.69) is 10.9 Å². The third-order valence-corrected chi connectivity index (χ3v) is 1.96. The van der Waals surface area contributed by atoms with Crippen molar-refractivity contribution in [3.8, 4) is 5.75 Å². The van der Waals surface area contributed by atoms with E-state index < -0.39 is 12.1 Å². The van der Waals surface area contributed by atoms with Crippen LogP contribution < -0.4 is 21.3 Å². The van der Waals surface area contributed by atoms with Crippen LogP contribution >= 0.6 is 0 Å². The van der Waals surface area contributed by atoms with Gasteiger partial charge in [-0.05, 0) is 17.7 Å². The van der Waals surface area contributed by atoms with E-state index in [1.54, 1.807) is 31.4 Å². The zero-order valence-corrected chi connectivity index (χ0v) is 8.77. The van der Waals surface area contributed by atoms with E-state index in [0.717, 1.165) is 0 Å². The molecule has 6 nitrogen and oxygen atoms in total. The SMILES string of the molecule is COc1ccc(C(C=O)NNC(N)=O)cc1. The maximum absolute atomic E-state index is 10.8. The molecule has 1 unspecified atom stereocenters. The summed E-state index contributed by atoms with van der Waals surface area (Å²) in [4.78, 5) is 21.3.